The van der Waals surface area contributed by atoms with Crippen molar-refractivity contribution in [2.24, 2.45) is 0 Å². The molecule has 2 N–H and O–H groups in total. The van der Waals surface area contributed by atoms with E-state index in [1.807, 2.05) is 30.3 Å². The van der Waals surface area contributed by atoms with E-state index in [0.29, 0.717) is 29.4 Å². The number of methoxy groups -OCH3 is 1. The highest BCUT2D eigenvalue weighted by molar-refractivity contribution is 6.31. The minimum absolute atomic E-state index is 0.445. The largest absolute Gasteiger partial charge is 0.497 e. The van der Waals surface area contributed by atoms with Crippen LogP contribution in [0.4, 0.5) is 0 Å². The van der Waals surface area contributed by atoms with Crippen LogP contribution in [0.1, 0.15) is 17.2 Å². The number of ether oxygens (including phenoxy) is 1. The number of halogens is 1. The Morgan fingerprint density at radius 3 is 2.60 bits per heavy atom. The third-order valence-electron chi connectivity index (χ3n) is 3.08. The van der Waals surface area contributed by atoms with Crippen LogP contribution < -0.4 is 10.1 Å². The Hall–Kier alpha value is -1.55. The third kappa shape index (κ3) is 3.97. The second-order valence-electron chi connectivity index (χ2n) is 4.52. The quantitative estimate of drug-likeness (QED) is 0.859. The summed E-state index contributed by atoms with van der Waals surface area (Å²) < 4.78 is 5.09. The fourth-order valence-corrected chi connectivity index (χ4v) is 2.26. The Kier molecular flexibility index (Phi) is 5.41. The van der Waals surface area contributed by atoms with Crippen molar-refractivity contribution >= 4 is 11.6 Å². The molecule has 0 radical (unpaired) electrons. The number of benzene rings is 2. The summed E-state index contributed by atoms with van der Waals surface area (Å²) in [4.78, 5) is 0. The zero-order valence-electron chi connectivity index (χ0n) is 11.3. The first-order valence-electron chi connectivity index (χ1n) is 6.47. The smallest absolute Gasteiger partial charge is 0.120 e. The summed E-state index contributed by atoms with van der Waals surface area (Å²) in [5, 5.41) is 13.9. The second-order valence-corrected chi connectivity index (χ2v) is 4.93. The van der Waals surface area contributed by atoms with Crippen LogP contribution in [-0.2, 0) is 6.54 Å². The number of nitrogens with one attached hydrogen (secondary N) is 1. The molecular formula is C16H18ClNO2. The Bertz CT molecular complexity index is 545. The lowest BCUT2D eigenvalue weighted by Gasteiger charge is -2.14. The van der Waals surface area contributed by atoms with E-state index < -0.39 is 6.10 Å². The van der Waals surface area contributed by atoms with E-state index in [0.717, 1.165) is 0 Å². The highest BCUT2D eigenvalue weighted by atomic mass is 35.5. The summed E-state index contributed by atoms with van der Waals surface area (Å²) in [6.45, 7) is 1.16. The van der Waals surface area contributed by atoms with Gasteiger partial charge in [0.2, 0.25) is 0 Å². The van der Waals surface area contributed by atoms with Gasteiger partial charge in [-0.15, -0.1) is 0 Å². The van der Waals surface area contributed by atoms with Crippen LogP contribution in [0, 0.1) is 0 Å². The highest BCUT2D eigenvalue weighted by Gasteiger charge is 2.11. The van der Waals surface area contributed by atoms with Gasteiger partial charge < -0.3 is 15.2 Å². The molecule has 0 heterocycles. The molecule has 0 fully saturated rings. The topological polar surface area (TPSA) is 41.5 Å². The molecule has 2 rings (SSSR count). The maximum absolute atomic E-state index is 10.2. The minimum atomic E-state index is -0.642. The minimum Gasteiger partial charge on any atom is -0.497 e. The van der Waals surface area contributed by atoms with Gasteiger partial charge >= 0.3 is 0 Å². The summed E-state index contributed by atoms with van der Waals surface area (Å²) in [5.74, 6) is 0.684. The van der Waals surface area contributed by atoms with Crippen molar-refractivity contribution in [3.63, 3.8) is 0 Å². The standard InChI is InChI=1S/C16H18ClNO2/c1-20-13-7-8-14(15(17)9-13)16(19)11-18-10-12-5-3-2-4-6-12/h2-9,16,18-19H,10-11H2,1H3. The Morgan fingerprint density at radius 1 is 1.20 bits per heavy atom. The summed E-state index contributed by atoms with van der Waals surface area (Å²) in [7, 11) is 1.59. The van der Waals surface area contributed by atoms with Crippen LogP contribution in [0.3, 0.4) is 0 Å². The maximum Gasteiger partial charge on any atom is 0.120 e. The number of hydrogen-bond donors (Lipinski definition) is 2. The molecule has 3 nitrogen and oxygen atoms in total. The van der Waals surface area contributed by atoms with Crippen LogP contribution >= 0.6 is 11.6 Å². The summed E-state index contributed by atoms with van der Waals surface area (Å²) in [6.07, 6.45) is -0.642. The lowest BCUT2D eigenvalue weighted by atomic mass is 10.1. The van der Waals surface area contributed by atoms with Gasteiger partial charge in [-0.25, -0.2) is 0 Å². The van der Waals surface area contributed by atoms with Gasteiger partial charge in [-0.1, -0.05) is 48.0 Å². The first-order valence-corrected chi connectivity index (χ1v) is 6.84. The number of aliphatic hydroxyl groups excluding tert-OH is 1. The van der Waals surface area contributed by atoms with Gasteiger partial charge in [-0.3, -0.25) is 0 Å². The average molecular weight is 292 g/mol. The van der Waals surface area contributed by atoms with E-state index in [4.69, 9.17) is 16.3 Å². The maximum atomic E-state index is 10.2. The number of hydrogen-bond acceptors (Lipinski definition) is 3. The van der Waals surface area contributed by atoms with Crippen molar-refractivity contribution in [3.05, 3.63) is 64.7 Å². The van der Waals surface area contributed by atoms with Gasteiger partial charge in [0.05, 0.1) is 18.2 Å². The zero-order valence-corrected chi connectivity index (χ0v) is 12.1. The summed E-state index contributed by atoms with van der Waals surface area (Å²) in [5.41, 5.74) is 1.88. The molecule has 0 aliphatic rings. The lowest BCUT2D eigenvalue weighted by Crippen LogP contribution is -2.21. The molecule has 2 aromatic carbocycles. The molecule has 1 atom stereocenters. The Labute approximate surface area is 124 Å². The normalized spacial score (nSPS) is 12.2. The lowest BCUT2D eigenvalue weighted by molar-refractivity contribution is 0.174. The Morgan fingerprint density at radius 2 is 1.95 bits per heavy atom. The van der Waals surface area contributed by atoms with E-state index in [2.05, 4.69) is 5.32 Å². The van der Waals surface area contributed by atoms with E-state index in [1.54, 1.807) is 25.3 Å². The average Bonchev–Trinajstić information content (AvgIpc) is 2.48. The van der Waals surface area contributed by atoms with Crippen LogP contribution in [0.2, 0.25) is 5.02 Å². The molecular weight excluding hydrogens is 274 g/mol. The molecule has 0 bridgehead atoms. The molecule has 1 unspecified atom stereocenters. The second kappa shape index (κ2) is 7.29. The predicted molar refractivity (Wildman–Crippen MR) is 81.1 cm³/mol. The molecule has 0 aliphatic carbocycles. The van der Waals surface area contributed by atoms with Crippen molar-refractivity contribution < 1.29 is 9.84 Å². The van der Waals surface area contributed by atoms with Crippen molar-refractivity contribution in [1.29, 1.82) is 0 Å². The van der Waals surface area contributed by atoms with Crippen LogP contribution in [-0.4, -0.2) is 18.8 Å². The van der Waals surface area contributed by atoms with Crippen molar-refractivity contribution in [3.8, 4) is 5.75 Å². The number of rotatable bonds is 6. The fraction of sp³-hybridized carbons (Fsp3) is 0.250. The number of aliphatic hydroxyl groups is 1. The molecule has 0 saturated heterocycles. The van der Waals surface area contributed by atoms with Gasteiger partial charge in [0.15, 0.2) is 0 Å². The van der Waals surface area contributed by atoms with Crippen molar-refractivity contribution in [1.82, 2.24) is 5.32 Å². The van der Waals surface area contributed by atoms with Gasteiger partial charge in [0, 0.05) is 18.7 Å². The molecule has 0 aromatic heterocycles. The predicted octanol–water partition coefficient (Wildman–Crippen LogP) is 3.17. The summed E-state index contributed by atoms with van der Waals surface area (Å²) >= 11 is 6.13. The molecule has 0 amide bonds. The summed E-state index contributed by atoms with van der Waals surface area (Å²) in [6, 6.07) is 15.3. The monoisotopic (exact) mass is 291 g/mol. The Balaban J connectivity index is 1.90. The fourth-order valence-electron chi connectivity index (χ4n) is 1.96. The first kappa shape index (κ1) is 14.9. The van der Waals surface area contributed by atoms with E-state index >= 15 is 0 Å². The van der Waals surface area contributed by atoms with Crippen LogP contribution in [0.5, 0.6) is 5.75 Å². The molecule has 20 heavy (non-hydrogen) atoms. The van der Waals surface area contributed by atoms with E-state index in [-0.39, 0.29) is 0 Å². The third-order valence-corrected chi connectivity index (χ3v) is 3.40. The molecule has 2 aromatic rings. The van der Waals surface area contributed by atoms with Crippen LogP contribution in [0.25, 0.3) is 0 Å². The molecule has 106 valence electrons. The molecule has 0 aliphatic heterocycles. The van der Waals surface area contributed by atoms with Crippen molar-refractivity contribution in [2.45, 2.75) is 12.6 Å². The van der Waals surface area contributed by atoms with Gasteiger partial charge in [0.25, 0.3) is 0 Å². The molecule has 0 spiro atoms. The van der Waals surface area contributed by atoms with E-state index in [1.165, 1.54) is 5.56 Å². The molecule has 0 saturated carbocycles. The zero-order chi connectivity index (χ0) is 14.4. The van der Waals surface area contributed by atoms with E-state index in [9.17, 15) is 5.11 Å². The van der Waals surface area contributed by atoms with Crippen molar-refractivity contribution in [2.75, 3.05) is 13.7 Å². The van der Waals surface area contributed by atoms with Gasteiger partial charge in [0.1, 0.15) is 5.75 Å². The SMILES string of the molecule is COc1ccc(C(O)CNCc2ccccc2)c(Cl)c1. The molecule has 4 heteroatoms. The van der Waals surface area contributed by atoms with Crippen LogP contribution in [0.15, 0.2) is 48.5 Å². The first-order chi connectivity index (χ1) is 9.70. The van der Waals surface area contributed by atoms with Gasteiger partial charge in [-0.05, 0) is 17.7 Å². The van der Waals surface area contributed by atoms with Gasteiger partial charge in [-0.2, -0.15) is 0 Å². The highest BCUT2D eigenvalue weighted by Crippen LogP contribution is 2.27.